The molecular weight excluding hydrogens is 184 g/mol. The van der Waals surface area contributed by atoms with Crippen molar-refractivity contribution in [2.45, 2.75) is 6.92 Å². The van der Waals surface area contributed by atoms with E-state index in [-0.39, 0.29) is 0 Å². The molecule has 1 aromatic rings. The van der Waals surface area contributed by atoms with Crippen molar-refractivity contribution in [3.8, 4) is 5.88 Å². The Morgan fingerprint density at radius 3 is 3.00 bits per heavy atom. The molecule has 0 unspecified atom stereocenters. The molecule has 0 aliphatic heterocycles. The molecule has 0 aliphatic carbocycles. The highest BCUT2D eigenvalue weighted by Crippen LogP contribution is 2.19. The molecule has 0 fully saturated rings. The molecule has 0 radical (unpaired) electrons. The van der Waals surface area contributed by atoms with Crippen molar-refractivity contribution in [1.29, 1.82) is 0 Å². The SMILES string of the molecule is CC=CCOc1nsnc1Cl. The lowest BCUT2D eigenvalue weighted by atomic mass is 10.5. The molecule has 0 bridgehead atoms. The van der Waals surface area contributed by atoms with E-state index in [9.17, 15) is 0 Å². The smallest absolute Gasteiger partial charge is 0.265 e. The van der Waals surface area contributed by atoms with Crippen LogP contribution in [-0.4, -0.2) is 15.4 Å². The monoisotopic (exact) mass is 190 g/mol. The average Bonchev–Trinajstić information content (AvgIpc) is 2.37. The molecule has 0 saturated carbocycles. The molecule has 0 spiro atoms. The fourth-order valence-corrected chi connectivity index (χ4v) is 1.12. The van der Waals surface area contributed by atoms with E-state index in [1.807, 2.05) is 19.1 Å². The normalized spacial score (nSPS) is 10.7. The zero-order valence-electron chi connectivity index (χ0n) is 5.95. The number of hydrogen-bond acceptors (Lipinski definition) is 4. The van der Waals surface area contributed by atoms with Crippen molar-refractivity contribution in [2.24, 2.45) is 0 Å². The van der Waals surface area contributed by atoms with Crippen molar-refractivity contribution in [3.05, 3.63) is 17.3 Å². The third-order valence-corrected chi connectivity index (χ3v) is 1.83. The van der Waals surface area contributed by atoms with Crippen LogP contribution < -0.4 is 4.74 Å². The van der Waals surface area contributed by atoms with Gasteiger partial charge in [-0.15, -0.1) is 4.37 Å². The Morgan fingerprint density at radius 1 is 1.64 bits per heavy atom. The van der Waals surface area contributed by atoms with Crippen molar-refractivity contribution in [2.75, 3.05) is 6.61 Å². The van der Waals surface area contributed by atoms with Crippen LogP contribution in [0.3, 0.4) is 0 Å². The van der Waals surface area contributed by atoms with Gasteiger partial charge in [0, 0.05) is 0 Å². The van der Waals surface area contributed by atoms with E-state index >= 15 is 0 Å². The molecule has 0 aliphatic rings. The van der Waals surface area contributed by atoms with E-state index in [1.165, 1.54) is 0 Å². The lowest BCUT2D eigenvalue weighted by Gasteiger charge is -1.95. The second-order valence-electron chi connectivity index (χ2n) is 1.74. The quantitative estimate of drug-likeness (QED) is 0.686. The zero-order chi connectivity index (χ0) is 8.10. The van der Waals surface area contributed by atoms with Gasteiger partial charge in [-0.2, -0.15) is 4.37 Å². The number of hydrogen-bond donors (Lipinski definition) is 0. The molecule has 11 heavy (non-hydrogen) atoms. The molecule has 3 nitrogen and oxygen atoms in total. The van der Waals surface area contributed by atoms with Crippen LogP contribution >= 0.6 is 23.3 Å². The van der Waals surface area contributed by atoms with Gasteiger partial charge < -0.3 is 4.74 Å². The summed E-state index contributed by atoms with van der Waals surface area (Å²) in [4.78, 5) is 0. The lowest BCUT2D eigenvalue weighted by molar-refractivity contribution is 0.352. The van der Waals surface area contributed by atoms with Crippen molar-refractivity contribution < 1.29 is 4.74 Å². The van der Waals surface area contributed by atoms with Crippen LogP contribution in [0.25, 0.3) is 0 Å². The summed E-state index contributed by atoms with van der Waals surface area (Å²) in [6.07, 6.45) is 3.77. The van der Waals surface area contributed by atoms with Crippen LogP contribution in [-0.2, 0) is 0 Å². The minimum absolute atomic E-state index is 0.333. The number of halogens is 1. The van der Waals surface area contributed by atoms with Crippen molar-refractivity contribution in [3.63, 3.8) is 0 Å². The number of rotatable bonds is 3. The minimum Gasteiger partial charge on any atom is -0.471 e. The standard InChI is InChI=1S/C6H7ClN2OS/c1-2-3-4-10-6-5(7)8-11-9-6/h2-3H,4H2,1H3. The minimum atomic E-state index is 0.333. The largest absolute Gasteiger partial charge is 0.471 e. The Balaban J connectivity index is 2.44. The van der Waals surface area contributed by atoms with Gasteiger partial charge in [-0.3, -0.25) is 0 Å². The van der Waals surface area contributed by atoms with Gasteiger partial charge in [0.15, 0.2) is 0 Å². The molecule has 1 rings (SSSR count). The summed E-state index contributed by atoms with van der Waals surface area (Å²) in [6.45, 7) is 2.41. The van der Waals surface area contributed by atoms with Gasteiger partial charge >= 0.3 is 0 Å². The van der Waals surface area contributed by atoms with Gasteiger partial charge in [-0.25, -0.2) is 0 Å². The Bertz CT molecular complexity index is 248. The van der Waals surface area contributed by atoms with E-state index in [0.29, 0.717) is 17.6 Å². The van der Waals surface area contributed by atoms with Gasteiger partial charge in [0.25, 0.3) is 5.88 Å². The highest BCUT2D eigenvalue weighted by Gasteiger charge is 2.03. The third kappa shape index (κ3) is 2.48. The number of allylic oxidation sites excluding steroid dienone is 1. The van der Waals surface area contributed by atoms with E-state index in [1.54, 1.807) is 0 Å². The molecule has 0 N–H and O–H groups in total. The molecule has 0 amide bonds. The highest BCUT2D eigenvalue weighted by molar-refractivity contribution is 6.99. The van der Waals surface area contributed by atoms with Crippen LogP contribution in [0.4, 0.5) is 0 Å². The Labute approximate surface area is 74.0 Å². The van der Waals surface area contributed by atoms with Gasteiger partial charge in [0.1, 0.15) is 6.61 Å². The summed E-state index contributed by atoms with van der Waals surface area (Å²) in [6, 6.07) is 0. The van der Waals surface area contributed by atoms with Crippen LogP contribution in [0.1, 0.15) is 6.92 Å². The van der Waals surface area contributed by atoms with Gasteiger partial charge in [-0.1, -0.05) is 23.8 Å². The van der Waals surface area contributed by atoms with E-state index in [0.717, 1.165) is 11.7 Å². The maximum absolute atomic E-state index is 5.61. The van der Waals surface area contributed by atoms with Crippen LogP contribution in [0.15, 0.2) is 12.2 Å². The zero-order valence-corrected chi connectivity index (χ0v) is 7.52. The van der Waals surface area contributed by atoms with Crippen LogP contribution in [0.5, 0.6) is 5.88 Å². The maximum atomic E-state index is 5.61. The second kappa shape index (κ2) is 4.31. The third-order valence-electron chi connectivity index (χ3n) is 0.973. The molecule has 1 heterocycles. The first kappa shape index (κ1) is 8.49. The lowest BCUT2D eigenvalue weighted by Crippen LogP contribution is -1.93. The Morgan fingerprint density at radius 2 is 2.45 bits per heavy atom. The number of nitrogens with zero attached hydrogens (tertiary/aromatic N) is 2. The summed E-state index contributed by atoms with van der Waals surface area (Å²) in [5.74, 6) is 0.412. The molecule has 1 aromatic heterocycles. The van der Waals surface area contributed by atoms with Gasteiger partial charge in [0.05, 0.1) is 11.7 Å². The summed E-state index contributed by atoms with van der Waals surface area (Å²) in [5, 5.41) is 0.333. The Hall–Kier alpha value is -0.610. The first-order valence-corrected chi connectivity index (χ1v) is 4.17. The van der Waals surface area contributed by atoms with Crippen molar-refractivity contribution >= 4 is 23.3 Å². The topological polar surface area (TPSA) is 35.0 Å². The molecule has 5 heteroatoms. The van der Waals surface area contributed by atoms with E-state index in [2.05, 4.69) is 8.75 Å². The summed E-state index contributed by atoms with van der Waals surface area (Å²) in [7, 11) is 0. The predicted molar refractivity (Wildman–Crippen MR) is 45.2 cm³/mol. The Kier molecular flexibility index (Phi) is 3.32. The molecule has 60 valence electrons. The first-order valence-electron chi connectivity index (χ1n) is 3.06. The first-order chi connectivity index (χ1) is 5.34. The molecule has 0 atom stereocenters. The van der Waals surface area contributed by atoms with Crippen LogP contribution in [0.2, 0.25) is 5.15 Å². The fourth-order valence-electron chi connectivity index (χ4n) is 0.479. The van der Waals surface area contributed by atoms with Crippen LogP contribution in [0, 0.1) is 0 Å². The molecule has 0 saturated heterocycles. The number of aromatic nitrogens is 2. The predicted octanol–water partition coefficient (Wildman–Crippen LogP) is 2.15. The van der Waals surface area contributed by atoms with Crippen molar-refractivity contribution in [1.82, 2.24) is 8.75 Å². The molecular formula is C6H7ClN2OS. The van der Waals surface area contributed by atoms with Gasteiger partial charge in [0.2, 0.25) is 5.15 Å². The van der Waals surface area contributed by atoms with E-state index < -0.39 is 0 Å². The summed E-state index contributed by atoms with van der Waals surface area (Å²) >= 11 is 6.65. The van der Waals surface area contributed by atoms with Gasteiger partial charge in [-0.05, 0) is 6.92 Å². The fraction of sp³-hybridized carbons (Fsp3) is 0.333. The summed E-state index contributed by atoms with van der Waals surface area (Å²) < 4.78 is 12.7. The molecule has 0 aromatic carbocycles. The second-order valence-corrected chi connectivity index (χ2v) is 2.63. The van der Waals surface area contributed by atoms with E-state index in [4.69, 9.17) is 16.3 Å². The maximum Gasteiger partial charge on any atom is 0.265 e. The summed E-state index contributed by atoms with van der Waals surface area (Å²) in [5.41, 5.74) is 0. The number of ether oxygens (including phenoxy) is 1. The highest BCUT2D eigenvalue weighted by atomic mass is 35.5. The average molecular weight is 191 g/mol.